The summed E-state index contributed by atoms with van der Waals surface area (Å²) >= 11 is 1.30. The molecule has 5 nitrogen and oxygen atoms in total. The first kappa shape index (κ1) is 19.2. The summed E-state index contributed by atoms with van der Waals surface area (Å²) in [4.78, 5) is 11.8. The summed E-state index contributed by atoms with van der Waals surface area (Å²) in [7, 11) is 0. The number of hydrogen-bond donors (Lipinski definition) is 1. The van der Waals surface area contributed by atoms with Gasteiger partial charge in [-0.2, -0.15) is 13.2 Å². The summed E-state index contributed by atoms with van der Waals surface area (Å²) < 4.78 is 42.5. The summed E-state index contributed by atoms with van der Waals surface area (Å²) in [6.45, 7) is 1.79. The van der Waals surface area contributed by atoms with Crippen LogP contribution in [0.5, 0.6) is 5.75 Å². The molecule has 136 valence electrons. The summed E-state index contributed by atoms with van der Waals surface area (Å²) in [5.41, 5.74) is -0.770. The third-order valence-electron chi connectivity index (χ3n) is 3.26. The number of benzene rings is 1. The lowest BCUT2D eigenvalue weighted by Gasteiger charge is -2.08. The van der Waals surface area contributed by atoms with E-state index < -0.39 is 17.6 Å². The second-order valence-electron chi connectivity index (χ2n) is 5.32. The Hall–Kier alpha value is -2.16. The normalized spacial score (nSPS) is 11.4. The van der Waals surface area contributed by atoms with Gasteiger partial charge in [-0.05, 0) is 30.7 Å². The lowest BCUT2D eigenvalue weighted by Crippen LogP contribution is -2.20. The number of carbonyl (C=O) groups excluding carboxylic acids is 1. The molecule has 1 aromatic carbocycles. The number of aromatic nitrogens is 2. The fourth-order valence-electron chi connectivity index (χ4n) is 1.98. The summed E-state index contributed by atoms with van der Waals surface area (Å²) in [5.74, 6) is -0.267. The molecule has 0 aliphatic heterocycles. The molecule has 0 bridgehead atoms. The Morgan fingerprint density at radius 2 is 1.92 bits per heavy atom. The van der Waals surface area contributed by atoms with Crippen molar-refractivity contribution in [1.82, 2.24) is 10.2 Å². The smallest absolute Gasteiger partial charge is 0.416 e. The number of anilines is 1. The summed E-state index contributed by atoms with van der Waals surface area (Å²) in [5, 5.41) is 11.7. The molecule has 1 amide bonds. The van der Waals surface area contributed by atoms with Crippen LogP contribution in [-0.4, -0.2) is 22.7 Å². The van der Waals surface area contributed by atoms with Crippen molar-refractivity contribution >= 4 is 22.4 Å². The van der Waals surface area contributed by atoms with E-state index >= 15 is 0 Å². The molecule has 0 saturated heterocycles. The monoisotopic (exact) mass is 373 g/mol. The number of amides is 1. The molecular formula is C16H18F3N3O2S. The molecule has 0 aliphatic carbocycles. The van der Waals surface area contributed by atoms with E-state index in [2.05, 4.69) is 22.4 Å². The van der Waals surface area contributed by atoms with Gasteiger partial charge in [0.25, 0.3) is 5.91 Å². The van der Waals surface area contributed by atoms with Crippen molar-refractivity contribution in [2.24, 2.45) is 0 Å². The number of hydrogen-bond acceptors (Lipinski definition) is 5. The highest BCUT2D eigenvalue weighted by Crippen LogP contribution is 2.30. The van der Waals surface area contributed by atoms with Crippen LogP contribution in [0.4, 0.5) is 18.3 Å². The Labute approximate surface area is 147 Å². The molecule has 2 aromatic rings. The second kappa shape index (κ2) is 8.80. The molecule has 0 radical (unpaired) electrons. The van der Waals surface area contributed by atoms with Crippen LogP contribution < -0.4 is 10.1 Å². The first-order valence-corrected chi connectivity index (χ1v) is 8.62. The quantitative estimate of drug-likeness (QED) is 0.701. The van der Waals surface area contributed by atoms with Crippen molar-refractivity contribution in [2.75, 3.05) is 11.9 Å². The van der Waals surface area contributed by atoms with Gasteiger partial charge in [-0.25, -0.2) is 0 Å². The van der Waals surface area contributed by atoms with Crippen molar-refractivity contribution < 1.29 is 22.7 Å². The highest BCUT2D eigenvalue weighted by molar-refractivity contribution is 7.15. The molecule has 1 aromatic heterocycles. The molecule has 0 atom stereocenters. The number of nitrogens with one attached hydrogen (secondary N) is 1. The fraction of sp³-hybridized carbons (Fsp3) is 0.438. The minimum Gasteiger partial charge on any atom is -0.484 e. The molecule has 0 saturated carbocycles. The van der Waals surface area contributed by atoms with Gasteiger partial charge >= 0.3 is 6.18 Å². The molecule has 1 heterocycles. The zero-order valence-electron chi connectivity index (χ0n) is 13.6. The van der Waals surface area contributed by atoms with Crippen LogP contribution >= 0.6 is 11.3 Å². The second-order valence-corrected chi connectivity index (χ2v) is 6.38. The van der Waals surface area contributed by atoms with Gasteiger partial charge in [0.15, 0.2) is 6.61 Å². The number of unbranched alkanes of at least 4 members (excludes halogenated alkanes) is 2. The van der Waals surface area contributed by atoms with Crippen LogP contribution in [0.1, 0.15) is 36.8 Å². The first-order chi connectivity index (χ1) is 11.9. The SMILES string of the molecule is CCCCCc1nnc(NC(=O)COc2ccc(C(F)(F)F)cc2)s1. The van der Waals surface area contributed by atoms with E-state index in [1.54, 1.807) is 0 Å². The van der Waals surface area contributed by atoms with Crippen molar-refractivity contribution in [3.05, 3.63) is 34.8 Å². The predicted octanol–water partition coefficient (Wildman–Crippen LogP) is 4.31. The summed E-state index contributed by atoms with van der Waals surface area (Å²) in [6, 6.07) is 4.15. The molecule has 2 rings (SSSR count). The average Bonchev–Trinajstić information content (AvgIpc) is 3.00. The van der Waals surface area contributed by atoms with Gasteiger partial charge in [0, 0.05) is 6.42 Å². The zero-order chi connectivity index (χ0) is 18.3. The maximum atomic E-state index is 12.5. The van der Waals surface area contributed by atoms with E-state index in [4.69, 9.17) is 4.74 Å². The fourth-order valence-corrected chi connectivity index (χ4v) is 2.77. The van der Waals surface area contributed by atoms with Crippen molar-refractivity contribution in [2.45, 2.75) is 38.8 Å². The molecule has 25 heavy (non-hydrogen) atoms. The number of alkyl halides is 3. The minimum absolute atomic E-state index is 0.181. The highest BCUT2D eigenvalue weighted by atomic mass is 32.1. The van der Waals surface area contributed by atoms with Crippen LogP contribution in [0.15, 0.2) is 24.3 Å². The molecule has 1 N–H and O–H groups in total. The van der Waals surface area contributed by atoms with E-state index in [1.807, 2.05) is 0 Å². The van der Waals surface area contributed by atoms with E-state index in [-0.39, 0.29) is 12.4 Å². The number of carbonyl (C=O) groups is 1. The topological polar surface area (TPSA) is 64.1 Å². The lowest BCUT2D eigenvalue weighted by molar-refractivity contribution is -0.137. The van der Waals surface area contributed by atoms with E-state index in [0.29, 0.717) is 5.13 Å². The molecule has 0 unspecified atom stereocenters. The maximum Gasteiger partial charge on any atom is 0.416 e. The molecule has 9 heteroatoms. The van der Waals surface area contributed by atoms with Gasteiger partial charge in [0.1, 0.15) is 10.8 Å². The van der Waals surface area contributed by atoms with Crippen LogP contribution in [0, 0.1) is 0 Å². The van der Waals surface area contributed by atoms with Crippen molar-refractivity contribution in [3.8, 4) is 5.75 Å². The van der Waals surface area contributed by atoms with Gasteiger partial charge in [-0.15, -0.1) is 10.2 Å². The molecule has 0 fully saturated rings. The molecular weight excluding hydrogens is 355 g/mol. The Balaban J connectivity index is 1.79. The van der Waals surface area contributed by atoms with Crippen LogP contribution in [0.25, 0.3) is 0 Å². The maximum absolute atomic E-state index is 12.5. The average molecular weight is 373 g/mol. The first-order valence-electron chi connectivity index (χ1n) is 7.80. The number of nitrogens with zero attached hydrogens (tertiary/aromatic N) is 2. The molecule has 0 spiro atoms. The molecule has 0 aliphatic rings. The van der Waals surface area contributed by atoms with Crippen molar-refractivity contribution in [3.63, 3.8) is 0 Å². The van der Waals surface area contributed by atoms with Gasteiger partial charge in [-0.3, -0.25) is 10.1 Å². The Morgan fingerprint density at radius 3 is 2.56 bits per heavy atom. The largest absolute Gasteiger partial charge is 0.484 e. The Kier molecular flexibility index (Phi) is 6.74. The van der Waals surface area contributed by atoms with E-state index in [9.17, 15) is 18.0 Å². The number of aryl methyl sites for hydroxylation is 1. The van der Waals surface area contributed by atoms with Crippen LogP contribution in [-0.2, 0) is 17.4 Å². The lowest BCUT2D eigenvalue weighted by atomic mass is 10.2. The van der Waals surface area contributed by atoms with Gasteiger partial charge in [0.05, 0.1) is 5.56 Å². The van der Waals surface area contributed by atoms with Gasteiger partial charge in [0.2, 0.25) is 5.13 Å². The third kappa shape index (κ3) is 6.33. The number of halogens is 3. The minimum atomic E-state index is -4.40. The van der Waals surface area contributed by atoms with Crippen molar-refractivity contribution in [1.29, 1.82) is 0 Å². The standard InChI is InChI=1S/C16H18F3N3O2S/c1-2-3-4-5-14-21-22-15(25-14)20-13(23)10-24-12-8-6-11(7-9-12)16(17,18)19/h6-9H,2-5,10H2,1H3,(H,20,22,23). The summed E-state index contributed by atoms with van der Waals surface area (Å²) in [6.07, 6.45) is -0.325. The predicted molar refractivity (Wildman–Crippen MR) is 88.7 cm³/mol. The Morgan fingerprint density at radius 1 is 1.20 bits per heavy atom. The third-order valence-corrected chi connectivity index (χ3v) is 4.16. The zero-order valence-corrected chi connectivity index (χ0v) is 14.4. The van der Waals surface area contributed by atoms with E-state index in [0.717, 1.165) is 42.8 Å². The highest BCUT2D eigenvalue weighted by Gasteiger charge is 2.30. The van der Waals surface area contributed by atoms with E-state index in [1.165, 1.54) is 23.5 Å². The van der Waals surface area contributed by atoms with Crippen LogP contribution in [0.3, 0.4) is 0 Å². The van der Waals surface area contributed by atoms with Gasteiger partial charge in [-0.1, -0.05) is 31.1 Å². The Bertz CT molecular complexity index is 687. The number of ether oxygens (including phenoxy) is 1. The number of rotatable bonds is 8. The van der Waals surface area contributed by atoms with Gasteiger partial charge < -0.3 is 4.74 Å². The van der Waals surface area contributed by atoms with Crippen LogP contribution in [0.2, 0.25) is 0 Å².